The van der Waals surface area contributed by atoms with Crippen LogP contribution in [0.5, 0.6) is 5.75 Å². The number of hydrogen-bond acceptors (Lipinski definition) is 2. The van der Waals surface area contributed by atoms with Gasteiger partial charge in [-0.15, -0.1) is 0 Å². The highest BCUT2D eigenvalue weighted by atomic mass is 16.5. The number of aromatic amines is 1. The van der Waals surface area contributed by atoms with Gasteiger partial charge in [-0.05, 0) is 61.4 Å². The Morgan fingerprint density at radius 3 is 2.54 bits per heavy atom. The topological polar surface area (TPSA) is 45.3 Å². The van der Waals surface area contributed by atoms with E-state index in [1.54, 1.807) is 7.11 Å². The summed E-state index contributed by atoms with van der Waals surface area (Å²) in [6.45, 7) is 3.89. The zero-order valence-electron chi connectivity index (χ0n) is 16.7. The Balaban J connectivity index is 1.33. The van der Waals surface area contributed by atoms with E-state index in [9.17, 15) is 4.79 Å². The molecule has 0 saturated carbocycles. The summed E-state index contributed by atoms with van der Waals surface area (Å²) in [5.74, 6) is 1.69. The third kappa shape index (κ3) is 3.91. The van der Waals surface area contributed by atoms with Crippen molar-refractivity contribution in [2.45, 2.75) is 32.6 Å². The van der Waals surface area contributed by atoms with Crippen molar-refractivity contribution in [1.29, 1.82) is 0 Å². The Morgan fingerprint density at radius 2 is 1.82 bits per heavy atom. The van der Waals surface area contributed by atoms with E-state index in [0.717, 1.165) is 43.7 Å². The molecular formula is C24H28N2O2. The van der Waals surface area contributed by atoms with E-state index in [1.807, 2.05) is 29.2 Å². The third-order valence-electron chi connectivity index (χ3n) is 6.00. The quantitative estimate of drug-likeness (QED) is 0.712. The van der Waals surface area contributed by atoms with Crippen molar-refractivity contribution < 1.29 is 9.53 Å². The molecule has 4 heteroatoms. The molecule has 2 heterocycles. The second-order valence-electron chi connectivity index (χ2n) is 7.83. The summed E-state index contributed by atoms with van der Waals surface area (Å²) < 4.78 is 5.18. The summed E-state index contributed by atoms with van der Waals surface area (Å²) in [5, 5.41) is 1.35. The fourth-order valence-corrected chi connectivity index (χ4v) is 4.30. The molecule has 0 atom stereocenters. The number of carbonyl (C=O) groups excluding carboxylic acids is 1. The molecule has 4 nitrogen and oxygen atoms in total. The van der Waals surface area contributed by atoms with Crippen molar-refractivity contribution >= 4 is 16.8 Å². The van der Waals surface area contributed by atoms with Crippen LogP contribution in [0.1, 0.15) is 29.7 Å². The average molecular weight is 377 g/mol. The number of fused-ring (bicyclic) bond motifs is 1. The summed E-state index contributed by atoms with van der Waals surface area (Å²) in [6.07, 6.45) is 3.72. The zero-order valence-corrected chi connectivity index (χ0v) is 16.7. The molecule has 1 N–H and O–H groups in total. The van der Waals surface area contributed by atoms with Crippen LogP contribution in [0.2, 0.25) is 0 Å². The average Bonchev–Trinajstić information content (AvgIpc) is 3.04. The summed E-state index contributed by atoms with van der Waals surface area (Å²) in [5.41, 5.74) is 4.99. The van der Waals surface area contributed by atoms with E-state index >= 15 is 0 Å². The van der Waals surface area contributed by atoms with Crippen LogP contribution in [0.25, 0.3) is 10.9 Å². The lowest BCUT2D eigenvalue weighted by Crippen LogP contribution is -2.39. The molecule has 1 aromatic heterocycles. The third-order valence-corrected chi connectivity index (χ3v) is 6.00. The first kappa shape index (κ1) is 18.6. The van der Waals surface area contributed by atoms with Gasteiger partial charge < -0.3 is 14.6 Å². The summed E-state index contributed by atoms with van der Waals surface area (Å²) in [7, 11) is 1.65. The van der Waals surface area contributed by atoms with E-state index < -0.39 is 0 Å². The molecule has 0 bridgehead atoms. The van der Waals surface area contributed by atoms with Crippen LogP contribution in [0.3, 0.4) is 0 Å². The van der Waals surface area contributed by atoms with Crippen LogP contribution in [0.15, 0.2) is 48.5 Å². The minimum atomic E-state index is 0.229. The first-order valence-electron chi connectivity index (χ1n) is 10.1. The van der Waals surface area contributed by atoms with E-state index in [2.05, 4.69) is 36.2 Å². The number of ether oxygens (including phenoxy) is 1. The molecular weight excluding hydrogens is 348 g/mol. The highest BCUT2D eigenvalue weighted by molar-refractivity contribution is 5.84. The molecule has 1 saturated heterocycles. The van der Waals surface area contributed by atoms with Crippen LogP contribution in [-0.2, 0) is 17.6 Å². The lowest BCUT2D eigenvalue weighted by Gasteiger charge is -2.32. The Labute approximate surface area is 166 Å². The molecule has 4 rings (SSSR count). The van der Waals surface area contributed by atoms with Crippen molar-refractivity contribution in [3.63, 3.8) is 0 Å². The van der Waals surface area contributed by atoms with Gasteiger partial charge in [0, 0.05) is 29.7 Å². The number of H-pyrrole nitrogens is 1. The Hall–Kier alpha value is -2.75. The standard InChI is InChI=1S/C24H28N2O2/c1-17-22(21-5-3-4-6-23(21)25-17)15-19-11-13-26(14-12-19)24(27)16-18-7-9-20(28-2)10-8-18/h3-10,19,25H,11-16H2,1-2H3. The normalized spacial score (nSPS) is 15.1. The minimum absolute atomic E-state index is 0.229. The number of rotatable bonds is 5. The fourth-order valence-electron chi connectivity index (χ4n) is 4.30. The zero-order chi connectivity index (χ0) is 19.5. The van der Waals surface area contributed by atoms with E-state index in [1.165, 1.54) is 22.2 Å². The molecule has 146 valence electrons. The number of carbonyl (C=O) groups is 1. The molecule has 1 amide bonds. The van der Waals surface area contributed by atoms with Gasteiger partial charge in [-0.1, -0.05) is 30.3 Å². The monoisotopic (exact) mass is 376 g/mol. The van der Waals surface area contributed by atoms with Crippen LogP contribution in [0, 0.1) is 12.8 Å². The number of para-hydroxylation sites is 1. The van der Waals surface area contributed by atoms with Gasteiger partial charge in [-0.25, -0.2) is 0 Å². The lowest BCUT2D eigenvalue weighted by molar-refractivity contribution is -0.131. The largest absolute Gasteiger partial charge is 0.497 e. The molecule has 3 aromatic rings. The Morgan fingerprint density at radius 1 is 1.11 bits per heavy atom. The lowest BCUT2D eigenvalue weighted by atomic mass is 9.89. The minimum Gasteiger partial charge on any atom is -0.497 e. The van der Waals surface area contributed by atoms with E-state index in [-0.39, 0.29) is 5.91 Å². The summed E-state index contributed by atoms with van der Waals surface area (Å²) >= 11 is 0. The van der Waals surface area contributed by atoms with Crippen molar-refractivity contribution in [2.75, 3.05) is 20.2 Å². The summed E-state index contributed by atoms with van der Waals surface area (Å²) in [4.78, 5) is 18.2. The molecule has 2 aromatic carbocycles. The summed E-state index contributed by atoms with van der Waals surface area (Å²) in [6, 6.07) is 16.3. The fraction of sp³-hybridized carbons (Fsp3) is 0.375. The van der Waals surface area contributed by atoms with Gasteiger partial charge in [0.25, 0.3) is 0 Å². The molecule has 0 unspecified atom stereocenters. The number of nitrogens with zero attached hydrogens (tertiary/aromatic N) is 1. The number of piperidine rings is 1. The maximum Gasteiger partial charge on any atom is 0.226 e. The van der Waals surface area contributed by atoms with Crippen molar-refractivity contribution in [3.8, 4) is 5.75 Å². The molecule has 0 spiro atoms. The molecule has 0 aliphatic carbocycles. The van der Waals surface area contributed by atoms with Gasteiger partial charge in [0.2, 0.25) is 5.91 Å². The molecule has 1 fully saturated rings. The van der Waals surface area contributed by atoms with E-state index in [0.29, 0.717) is 12.3 Å². The first-order chi connectivity index (χ1) is 13.6. The van der Waals surface area contributed by atoms with Crippen molar-refractivity contribution in [3.05, 3.63) is 65.4 Å². The predicted molar refractivity (Wildman–Crippen MR) is 113 cm³/mol. The highest BCUT2D eigenvalue weighted by Gasteiger charge is 2.24. The molecule has 0 radical (unpaired) electrons. The Bertz CT molecular complexity index is 950. The van der Waals surface area contributed by atoms with Gasteiger partial charge in [0.15, 0.2) is 0 Å². The molecule has 1 aliphatic rings. The second kappa shape index (κ2) is 8.09. The number of aryl methyl sites for hydroxylation is 1. The number of likely N-dealkylation sites (tertiary alicyclic amines) is 1. The Kier molecular flexibility index (Phi) is 5.38. The maximum absolute atomic E-state index is 12.7. The van der Waals surface area contributed by atoms with Gasteiger partial charge in [-0.3, -0.25) is 4.79 Å². The first-order valence-corrected chi connectivity index (χ1v) is 10.1. The smallest absolute Gasteiger partial charge is 0.226 e. The number of aromatic nitrogens is 1. The number of hydrogen-bond donors (Lipinski definition) is 1. The van der Waals surface area contributed by atoms with Crippen LogP contribution < -0.4 is 4.74 Å². The van der Waals surface area contributed by atoms with Gasteiger partial charge in [-0.2, -0.15) is 0 Å². The SMILES string of the molecule is COc1ccc(CC(=O)N2CCC(Cc3c(C)[nH]c4ccccc34)CC2)cc1. The second-order valence-corrected chi connectivity index (χ2v) is 7.83. The number of methoxy groups -OCH3 is 1. The number of nitrogens with one attached hydrogen (secondary N) is 1. The van der Waals surface area contributed by atoms with Crippen molar-refractivity contribution in [1.82, 2.24) is 9.88 Å². The highest BCUT2D eigenvalue weighted by Crippen LogP contribution is 2.29. The van der Waals surface area contributed by atoms with Gasteiger partial charge >= 0.3 is 0 Å². The van der Waals surface area contributed by atoms with Crippen LogP contribution >= 0.6 is 0 Å². The number of amides is 1. The van der Waals surface area contributed by atoms with Gasteiger partial charge in [0.05, 0.1) is 13.5 Å². The van der Waals surface area contributed by atoms with Gasteiger partial charge in [0.1, 0.15) is 5.75 Å². The molecule has 28 heavy (non-hydrogen) atoms. The number of benzene rings is 2. The van der Waals surface area contributed by atoms with E-state index in [4.69, 9.17) is 4.74 Å². The maximum atomic E-state index is 12.7. The van der Waals surface area contributed by atoms with Crippen molar-refractivity contribution in [2.24, 2.45) is 5.92 Å². The van der Waals surface area contributed by atoms with Crippen LogP contribution in [0.4, 0.5) is 0 Å². The molecule has 1 aliphatic heterocycles. The van der Waals surface area contributed by atoms with Crippen LogP contribution in [-0.4, -0.2) is 36.0 Å². The predicted octanol–water partition coefficient (Wildman–Crippen LogP) is 4.51.